The summed E-state index contributed by atoms with van der Waals surface area (Å²) in [5, 5.41) is 0. The molecule has 2 aromatic rings. The smallest absolute Gasteiger partial charge is 0.226 e. The van der Waals surface area contributed by atoms with Crippen LogP contribution in [0.1, 0.15) is 36.8 Å². The molecule has 4 rings (SSSR count). The molecule has 0 spiro atoms. The van der Waals surface area contributed by atoms with Gasteiger partial charge in [0.15, 0.2) is 0 Å². The van der Waals surface area contributed by atoms with Gasteiger partial charge in [0.25, 0.3) is 0 Å². The van der Waals surface area contributed by atoms with E-state index in [0.29, 0.717) is 17.9 Å². The number of benzene rings is 1. The van der Waals surface area contributed by atoms with Crippen LogP contribution in [0, 0.1) is 5.92 Å². The average Bonchev–Trinajstić information content (AvgIpc) is 3.25. The topological polar surface area (TPSA) is 47.4 Å². The second-order valence-electron chi connectivity index (χ2n) is 6.81. The number of aromatic nitrogens is 2. The third kappa shape index (κ3) is 2.90. The number of hydrogen-bond acceptors (Lipinski definition) is 3. The zero-order valence-corrected chi connectivity index (χ0v) is 14.0. The SMILES string of the molecule is COc1ccc([C@@H]2C[C@H]2C(=O)N2CCC[C@H](n3ccnc3)C2)cc1. The molecule has 5 heteroatoms. The molecule has 0 unspecified atom stereocenters. The van der Waals surface area contributed by atoms with Crippen LogP contribution in [0.3, 0.4) is 0 Å². The zero-order chi connectivity index (χ0) is 16.5. The van der Waals surface area contributed by atoms with Gasteiger partial charge in [-0.05, 0) is 42.9 Å². The summed E-state index contributed by atoms with van der Waals surface area (Å²) in [6.07, 6.45) is 8.81. The van der Waals surface area contributed by atoms with Crippen molar-refractivity contribution in [3.8, 4) is 5.75 Å². The molecule has 3 atom stereocenters. The molecule has 0 N–H and O–H groups in total. The first-order valence-corrected chi connectivity index (χ1v) is 8.66. The number of nitrogens with zero attached hydrogens (tertiary/aromatic N) is 3. The highest BCUT2D eigenvalue weighted by molar-refractivity contribution is 5.83. The molecule has 1 aromatic heterocycles. The van der Waals surface area contributed by atoms with E-state index in [-0.39, 0.29) is 5.92 Å². The molecule has 5 nitrogen and oxygen atoms in total. The number of carbonyl (C=O) groups excluding carboxylic acids is 1. The van der Waals surface area contributed by atoms with E-state index in [2.05, 4.69) is 26.6 Å². The highest BCUT2D eigenvalue weighted by Gasteiger charge is 2.46. The van der Waals surface area contributed by atoms with E-state index < -0.39 is 0 Å². The van der Waals surface area contributed by atoms with Crippen LogP contribution >= 0.6 is 0 Å². The fraction of sp³-hybridized carbons (Fsp3) is 0.474. The molecule has 1 aliphatic heterocycles. The Hall–Kier alpha value is -2.30. The predicted octanol–water partition coefficient (Wildman–Crippen LogP) is 2.86. The third-order valence-electron chi connectivity index (χ3n) is 5.31. The van der Waals surface area contributed by atoms with Crippen LogP contribution in [0.4, 0.5) is 0 Å². The van der Waals surface area contributed by atoms with Crippen molar-refractivity contribution in [1.82, 2.24) is 14.5 Å². The van der Waals surface area contributed by atoms with Gasteiger partial charge in [0.05, 0.1) is 19.5 Å². The second-order valence-corrected chi connectivity index (χ2v) is 6.81. The van der Waals surface area contributed by atoms with Crippen LogP contribution in [0.5, 0.6) is 5.75 Å². The lowest BCUT2D eigenvalue weighted by Crippen LogP contribution is -2.41. The molecule has 2 heterocycles. The van der Waals surface area contributed by atoms with E-state index >= 15 is 0 Å². The molecule has 24 heavy (non-hydrogen) atoms. The fourth-order valence-electron chi connectivity index (χ4n) is 3.81. The molecule has 0 radical (unpaired) electrons. The maximum atomic E-state index is 12.9. The predicted molar refractivity (Wildman–Crippen MR) is 90.9 cm³/mol. The van der Waals surface area contributed by atoms with E-state index in [1.54, 1.807) is 13.3 Å². The van der Waals surface area contributed by atoms with Crippen molar-refractivity contribution in [2.75, 3.05) is 20.2 Å². The van der Waals surface area contributed by atoms with E-state index in [9.17, 15) is 4.79 Å². The number of amides is 1. The lowest BCUT2D eigenvalue weighted by molar-refractivity contribution is -0.134. The van der Waals surface area contributed by atoms with Gasteiger partial charge in [0.2, 0.25) is 5.91 Å². The minimum Gasteiger partial charge on any atom is -0.497 e. The van der Waals surface area contributed by atoms with Gasteiger partial charge < -0.3 is 14.2 Å². The Kier molecular flexibility index (Phi) is 4.00. The van der Waals surface area contributed by atoms with Crippen LogP contribution in [0.2, 0.25) is 0 Å². The molecule has 1 aliphatic carbocycles. The van der Waals surface area contributed by atoms with Gasteiger partial charge in [-0.25, -0.2) is 4.98 Å². The monoisotopic (exact) mass is 325 g/mol. The molecule has 1 amide bonds. The number of piperidine rings is 1. The first-order valence-electron chi connectivity index (χ1n) is 8.66. The van der Waals surface area contributed by atoms with Crippen LogP contribution in [-0.2, 0) is 4.79 Å². The van der Waals surface area contributed by atoms with Gasteiger partial charge in [-0.15, -0.1) is 0 Å². The summed E-state index contributed by atoms with van der Waals surface area (Å²) in [6, 6.07) is 8.49. The number of rotatable bonds is 4. The Morgan fingerprint density at radius 2 is 2.12 bits per heavy atom. The second kappa shape index (κ2) is 6.30. The van der Waals surface area contributed by atoms with Crippen molar-refractivity contribution < 1.29 is 9.53 Å². The van der Waals surface area contributed by atoms with E-state index in [0.717, 1.165) is 38.1 Å². The van der Waals surface area contributed by atoms with Crippen molar-refractivity contribution in [2.24, 2.45) is 5.92 Å². The number of imidazole rings is 1. The van der Waals surface area contributed by atoms with E-state index in [4.69, 9.17) is 4.74 Å². The summed E-state index contributed by atoms with van der Waals surface area (Å²) in [6.45, 7) is 1.69. The van der Waals surface area contributed by atoms with Crippen LogP contribution < -0.4 is 4.74 Å². The minimum absolute atomic E-state index is 0.153. The van der Waals surface area contributed by atoms with E-state index in [1.165, 1.54) is 5.56 Å². The maximum absolute atomic E-state index is 12.9. The fourth-order valence-corrected chi connectivity index (χ4v) is 3.81. The summed E-state index contributed by atoms with van der Waals surface area (Å²) < 4.78 is 7.34. The van der Waals surface area contributed by atoms with Crippen molar-refractivity contribution in [3.05, 3.63) is 48.5 Å². The molecule has 0 bridgehead atoms. The van der Waals surface area contributed by atoms with Gasteiger partial charge >= 0.3 is 0 Å². The lowest BCUT2D eigenvalue weighted by Gasteiger charge is -2.33. The minimum atomic E-state index is 0.153. The van der Waals surface area contributed by atoms with Crippen LogP contribution in [-0.4, -0.2) is 40.6 Å². The van der Waals surface area contributed by atoms with Crippen molar-refractivity contribution in [1.29, 1.82) is 0 Å². The summed E-state index contributed by atoms with van der Waals surface area (Å²) in [5.74, 6) is 1.71. The normalized spacial score (nSPS) is 26.2. The number of ether oxygens (including phenoxy) is 1. The van der Waals surface area contributed by atoms with Gasteiger partial charge in [0, 0.05) is 31.4 Å². The summed E-state index contributed by atoms with van der Waals surface area (Å²) in [4.78, 5) is 19.0. The largest absolute Gasteiger partial charge is 0.497 e. The molecule has 2 aliphatic rings. The van der Waals surface area contributed by atoms with Crippen molar-refractivity contribution >= 4 is 5.91 Å². The summed E-state index contributed by atoms with van der Waals surface area (Å²) >= 11 is 0. The number of hydrogen-bond donors (Lipinski definition) is 0. The molecule has 126 valence electrons. The Balaban J connectivity index is 1.39. The number of carbonyl (C=O) groups is 1. The zero-order valence-electron chi connectivity index (χ0n) is 14.0. The average molecular weight is 325 g/mol. The van der Waals surface area contributed by atoms with Crippen molar-refractivity contribution in [3.63, 3.8) is 0 Å². The Bertz CT molecular complexity index is 696. The van der Waals surface area contributed by atoms with Crippen LogP contribution in [0.25, 0.3) is 0 Å². The van der Waals surface area contributed by atoms with Gasteiger partial charge in [-0.1, -0.05) is 12.1 Å². The molecule has 2 fully saturated rings. The van der Waals surface area contributed by atoms with E-state index in [1.807, 2.05) is 24.7 Å². The molecule has 1 saturated heterocycles. The third-order valence-corrected chi connectivity index (χ3v) is 5.31. The first-order chi connectivity index (χ1) is 11.8. The summed E-state index contributed by atoms with van der Waals surface area (Å²) in [7, 11) is 1.67. The van der Waals surface area contributed by atoms with Gasteiger partial charge in [-0.2, -0.15) is 0 Å². The maximum Gasteiger partial charge on any atom is 0.226 e. The highest BCUT2D eigenvalue weighted by atomic mass is 16.5. The Morgan fingerprint density at radius 3 is 2.83 bits per heavy atom. The Morgan fingerprint density at radius 1 is 1.29 bits per heavy atom. The summed E-state index contributed by atoms with van der Waals surface area (Å²) in [5.41, 5.74) is 1.25. The number of likely N-dealkylation sites (tertiary alicyclic amines) is 1. The first kappa shape index (κ1) is 15.2. The quantitative estimate of drug-likeness (QED) is 0.868. The lowest BCUT2D eigenvalue weighted by atomic mass is 10.0. The van der Waals surface area contributed by atoms with Gasteiger partial charge in [0.1, 0.15) is 5.75 Å². The molecule has 1 aromatic carbocycles. The Labute approximate surface area is 142 Å². The van der Waals surface area contributed by atoms with Crippen molar-refractivity contribution in [2.45, 2.75) is 31.2 Å². The molecule has 1 saturated carbocycles. The standard InChI is InChI=1S/C19H23N3O2/c1-24-16-6-4-14(5-7-16)17-11-18(17)19(23)21-9-2-3-15(12-21)22-10-8-20-13-22/h4-8,10,13,15,17-18H,2-3,9,11-12H2,1H3/t15-,17-,18+/m0/s1. The van der Waals surface area contributed by atoms with Gasteiger partial charge in [-0.3, -0.25) is 4.79 Å². The number of methoxy groups -OCH3 is 1. The molecular weight excluding hydrogens is 302 g/mol. The molecular formula is C19H23N3O2. The highest BCUT2D eigenvalue weighted by Crippen LogP contribution is 2.49. The van der Waals surface area contributed by atoms with Crippen LogP contribution in [0.15, 0.2) is 43.0 Å².